The van der Waals surface area contributed by atoms with Gasteiger partial charge < -0.3 is 9.80 Å². The lowest BCUT2D eigenvalue weighted by molar-refractivity contribution is -0.124. The Morgan fingerprint density at radius 1 is 0.966 bits per heavy atom. The van der Waals surface area contributed by atoms with Crippen molar-refractivity contribution < 1.29 is 14.4 Å². The van der Waals surface area contributed by atoms with Gasteiger partial charge >= 0.3 is 6.03 Å². The van der Waals surface area contributed by atoms with E-state index in [0.717, 1.165) is 46.2 Å². The third-order valence-electron chi connectivity index (χ3n) is 6.22. The number of carbonyl (C=O) groups excluding carboxylic acids is 3. The average Bonchev–Trinajstić information content (AvgIpc) is 3.46. The molecule has 1 saturated heterocycles. The van der Waals surface area contributed by atoms with Crippen LogP contribution in [0.4, 0.5) is 4.79 Å². The molecule has 2 fully saturated rings. The molecule has 2 heterocycles. The molecular weight excluding hydrogens is 366 g/mol. The van der Waals surface area contributed by atoms with E-state index in [1.165, 1.54) is 11.9 Å². The maximum atomic E-state index is 12.5. The molecule has 6 nitrogen and oxygen atoms in total. The minimum atomic E-state index is -0.248. The largest absolute Gasteiger partial charge is 0.331 e. The van der Waals surface area contributed by atoms with Crippen LogP contribution in [0.15, 0.2) is 36.4 Å². The van der Waals surface area contributed by atoms with Crippen LogP contribution in [0.3, 0.4) is 0 Å². The number of amides is 4. The Hall–Kier alpha value is -3.15. The number of fused-ring (bicyclic) bond motifs is 1. The second-order valence-electron chi connectivity index (χ2n) is 8.27. The summed E-state index contributed by atoms with van der Waals surface area (Å²) in [6.07, 6.45) is 2.24. The van der Waals surface area contributed by atoms with Gasteiger partial charge in [-0.2, -0.15) is 0 Å². The highest BCUT2D eigenvalue weighted by atomic mass is 16.2. The zero-order valence-electron chi connectivity index (χ0n) is 16.6. The normalized spacial score (nSPS) is 18.8. The Bertz CT molecular complexity index is 1060. The molecule has 29 heavy (non-hydrogen) atoms. The summed E-state index contributed by atoms with van der Waals surface area (Å²) in [5.74, 6) is -0.00687. The molecule has 0 radical (unpaired) electrons. The van der Waals surface area contributed by atoms with Crippen LogP contribution in [-0.4, -0.2) is 52.2 Å². The summed E-state index contributed by atoms with van der Waals surface area (Å²) in [6.45, 7) is 3.29. The number of hydrogen-bond acceptors (Lipinski definition) is 3. The number of imide groups is 1. The molecule has 0 aromatic heterocycles. The van der Waals surface area contributed by atoms with Crippen molar-refractivity contribution in [2.75, 3.05) is 13.6 Å². The molecule has 1 aliphatic carbocycles. The van der Waals surface area contributed by atoms with Gasteiger partial charge in [0.25, 0.3) is 5.91 Å². The number of hydrogen-bond donors (Lipinski definition) is 0. The third-order valence-corrected chi connectivity index (χ3v) is 6.22. The first-order valence-electron chi connectivity index (χ1n) is 10.0. The molecule has 0 spiro atoms. The lowest BCUT2D eigenvalue weighted by Gasteiger charge is -2.17. The van der Waals surface area contributed by atoms with E-state index in [-0.39, 0.29) is 24.4 Å². The van der Waals surface area contributed by atoms with Crippen LogP contribution in [0.2, 0.25) is 0 Å². The van der Waals surface area contributed by atoms with Gasteiger partial charge in [0, 0.05) is 31.7 Å². The minimum absolute atomic E-state index is 0.132. The van der Waals surface area contributed by atoms with Crippen molar-refractivity contribution >= 4 is 17.8 Å². The average molecular weight is 389 g/mol. The van der Waals surface area contributed by atoms with Crippen LogP contribution in [0.1, 0.15) is 39.9 Å². The van der Waals surface area contributed by atoms with Crippen molar-refractivity contribution in [2.24, 2.45) is 0 Å². The predicted octanol–water partition coefficient (Wildman–Crippen LogP) is 3.17. The van der Waals surface area contributed by atoms with E-state index in [2.05, 4.69) is 12.1 Å². The lowest BCUT2D eigenvalue weighted by Crippen LogP contribution is -2.29. The van der Waals surface area contributed by atoms with Crippen LogP contribution < -0.4 is 0 Å². The van der Waals surface area contributed by atoms with Crippen molar-refractivity contribution in [3.63, 3.8) is 0 Å². The van der Waals surface area contributed by atoms with Gasteiger partial charge in [0.15, 0.2) is 0 Å². The van der Waals surface area contributed by atoms with E-state index in [1.807, 2.05) is 36.1 Å². The second-order valence-corrected chi connectivity index (χ2v) is 8.27. The van der Waals surface area contributed by atoms with Gasteiger partial charge in [-0.25, -0.2) is 4.79 Å². The fraction of sp³-hybridized carbons (Fsp3) is 0.348. The number of benzene rings is 2. The number of carbonyl (C=O) groups is 3. The summed E-state index contributed by atoms with van der Waals surface area (Å²) in [6, 6.07) is 12.4. The van der Waals surface area contributed by atoms with Gasteiger partial charge in [-0.15, -0.1) is 0 Å². The molecule has 6 heteroatoms. The first-order chi connectivity index (χ1) is 13.9. The molecule has 4 amide bonds. The summed E-state index contributed by atoms with van der Waals surface area (Å²) in [4.78, 5) is 41.1. The standard InChI is InChI=1S/C23H23N3O3/c1-14-9-15(3-4-17(14)11-25-13-21(27)24(2)23(25)29)16-5-8-20-18(10-16)12-26(22(20)28)19-6-7-19/h3-5,8-10,19H,6-7,11-13H2,1-2H3. The molecule has 0 atom stereocenters. The smallest absolute Gasteiger partial charge is 0.327 e. The first kappa shape index (κ1) is 17.9. The highest BCUT2D eigenvalue weighted by Crippen LogP contribution is 2.36. The zero-order chi connectivity index (χ0) is 20.3. The van der Waals surface area contributed by atoms with Crippen LogP contribution in [0, 0.1) is 6.92 Å². The Morgan fingerprint density at radius 3 is 2.34 bits per heavy atom. The fourth-order valence-electron chi connectivity index (χ4n) is 4.24. The molecule has 5 rings (SSSR count). The molecular formula is C23H23N3O3. The molecule has 3 aliphatic rings. The number of urea groups is 1. The van der Waals surface area contributed by atoms with Crippen LogP contribution in [-0.2, 0) is 17.9 Å². The van der Waals surface area contributed by atoms with E-state index >= 15 is 0 Å². The van der Waals surface area contributed by atoms with Crippen LogP contribution in [0.25, 0.3) is 11.1 Å². The van der Waals surface area contributed by atoms with Gasteiger partial charge in [0.1, 0.15) is 6.54 Å². The number of nitrogens with zero attached hydrogens (tertiary/aromatic N) is 3. The van der Waals surface area contributed by atoms with Crippen molar-refractivity contribution in [1.29, 1.82) is 0 Å². The molecule has 148 valence electrons. The van der Waals surface area contributed by atoms with Crippen molar-refractivity contribution in [3.05, 3.63) is 58.7 Å². The molecule has 0 N–H and O–H groups in total. The zero-order valence-corrected chi connectivity index (χ0v) is 16.6. The highest BCUT2D eigenvalue weighted by molar-refractivity contribution is 6.01. The van der Waals surface area contributed by atoms with Crippen molar-refractivity contribution in [2.45, 2.75) is 38.9 Å². The number of likely N-dealkylation sites (N-methyl/N-ethyl adjacent to an activating group) is 1. The minimum Gasteiger partial charge on any atom is -0.331 e. The molecule has 0 bridgehead atoms. The first-order valence-corrected chi connectivity index (χ1v) is 10.0. The molecule has 2 aromatic rings. The molecule has 1 saturated carbocycles. The molecule has 2 aliphatic heterocycles. The third kappa shape index (κ3) is 2.99. The van der Waals surface area contributed by atoms with E-state index in [1.54, 1.807) is 4.90 Å². The number of aryl methyl sites for hydroxylation is 1. The molecule has 0 unspecified atom stereocenters. The van der Waals surface area contributed by atoms with Gasteiger partial charge in [-0.1, -0.05) is 24.3 Å². The molecule has 2 aromatic carbocycles. The van der Waals surface area contributed by atoms with E-state index in [0.29, 0.717) is 19.1 Å². The van der Waals surface area contributed by atoms with Gasteiger partial charge in [-0.3, -0.25) is 14.5 Å². The highest BCUT2D eigenvalue weighted by Gasteiger charge is 2.38. The maximum Gasteiger partial charge on any atom is 0.327 e. The van der Waals surface area contributed by atoms with Crippen molar-refractivity contribution in [3.8, 4) is 11.1 Å². The summed E-state index contributed by atoms with van der Waals surface area (Å²) in [7, 11) is 1.52. The van der Waals surface area contributed by atoms with E-state index < -0.39 is 0 Å². The second kappa shape index (κ2) is 6.44. The van der Waals surface area contributed by atoms with Gasteiger partial charge in [0.05, 0.1) is 0 Å². The van der Waals surface area contributed by atoms with Crippen molar-refractivity contribution in [1.82, 2.24) is 14.7 Å². The fourth-order valence-corrected chi connectivity index (χ4v) is 4.24. The number of rotatable bonds is 4. The van der Waals surface area contributed by atoms with E-state index in [4.69, 9.17) is 0 Å². The summed E-state index contributed by atoms with van der Waals surface area (Å²) in [5.41, 5.74) is 6.22. The Balaban J connectivity index is 1.37. The summed E-state index contributed by atoms with van der Waals surface area (Å²) < 4.78 is 0. The summed E-state index contributed by atoms with van der Waals surface area (Å²) >= 11 is 0. The maximum absolute atomic E-state index is 12.5. The Morgan fingerprint density at radius 2 is 1.69 bits per heavy atom. The topological polar surface area (TPSA) is 60.9 Å². The van der Waals surface area contributed by atoms with Crippen LogP contribution >= 0.6 is 0 Å². The quantitative estimate of drug-likeness (QED) is 0.755. The van der Waals surface area contributed by atoms with Crippen LogP contribution in [0.5, 0.6) is 0 Å². The monoisotopic (exact) mass is 389 g/mol. The predicted molar refractivity (Wildman–Crippen MR) is 108 cm³/mol. The Labute approximate surface area is 169 Å². The Kier molecular flexibility index (Phi) is 3.98. The summed E-state index contributed by atoms with van der Waals surface area (Å²) in [5, 5.41) is 0. The van der Waals surface area contributed by atoms with E-state index in [9.17, 15) is 14.4 Å². The van der Waals surface area contributed by atoms with Gasteiger partial charge in [-0.05, 0) is 59.7 Å². The lowest BCUT2D eigenvalue weighted by atomic mass is 9.97. The SMILES string of the molecule is Cc1cc(-c2ccc3c(c2)CN(C2CC2)C3=O)ccc1CN1CC(=O)N(C)C1=O. The van der Waals surface area contributed by atoms with Gasteiger partial charge in [0.2, 0.25) is 5.91 Å².